The molecule has 0 saturated heterocycles. The average molecular weight is 387 g/mol. The van der Waals surface area contributed by atoms with Crippen molar-refractivity contribution < 1.29 is 18.3 Å². The number of carbonyl (C=O) groups is 1. The SMILES string of the molecule is CCOC(=O)C(F)(F)/C=C(/I)c1ccccc1Cl. The first-order valence-electron chi connectivity index (χ1n) is 5.06. The van der Waals surface area contributed by atoms with Crippen LogP contribution in [0.1, 0.15) is 12.5 Å². The maximum Gasteiger partial charge on any atom is 0.381 e. The van der Waals surface area contributed by atoms with E-state index in [0.717, 1.165) is 0 Å². The van der Waals surface area contributed by atoms with E-state index in [2.05, 4.69) is 4.74 Å². The zero-order valence-electron chi connectivity index (χ0n) is 9.42. The van der Waals surface area contributed by atoms with Crippen molar-refractivity contribution in [2.45, 2.75) is 12.8 Å². The molecule has 6 heteroatoms. The minimum atomic E-state index is -3.66. The van der Waals surface area contributed by atoms with E-state index < -0.39 is 11.9 Å². The van der Waals surface area contributed by atoms with Crippen LogP contribution in [0.3, 0.4) is 0 Å². The van der Waals surface area contributed by atoms with E-state index in [9.17, 15) is 13.6 Å². The molecule has 0 saturated carbocycles. The van der Waals surface area contributed by atoms with E-state index in [-0.39, 0.29) is 10.2 Å². The minimum Gasteiger partial charge on any atom is -0.461 e. The highest BCUT2D eigenvalue weighted by Crippen LogP contribution is 2.32. The summed E-state index contributed by atoms with van der Waals surface area (Å²) in [5.41, 5.74) is 0.448. The predicted molar refractivity (Wildman–Crippen MR) is 75.0 cm³/mol. The van der Waals surface area contributed by atoms with E-state index in [0.29, 0.717) is 16.7 Å². The number of alkyl halides is 2. The lowest BCUT2D eigenvalue weighted by Gasteiger charge is -2.11. The summed E-state index contributed by atoms with van der Waals surface area (Å²) < 4.78 is 31.4. The van der Waals surface area contributed by atoms with Gasteiger partial charge in [-0.2, -0.15) is 8.78 Å². The van der Waals surface area contributed by atoms with Crippen LogP contribution in [-0.2, 0) is 9.53 Å². The van der Waals surface area contributed by atoms with Crippen LogP contribution in [-0.4, -0.2) is 18.5 Å². The van der Waals surface area contributed by atoms with E-state index in [4.69, 9.17) is 11.6 Å². The van der Waals surface area contributed by atoms with Gasteiger partial charge in [0, 0.05) is 20.2 Å². The molecule has 0 aromatic heterocycles. The summed E-state index contributed by atoms with van der Waals surface area (Å²) in [5.74, 6) is -5.22. The number of hydrogen-bond donors (Lipinski definition) is 0. The first-order chi connectivity index (χ1) is 8.38. The summed E-state index contributed by atoms with van der Waals surface area (Å²) in [4.78, 5) is 11.1. The lowest BCUT2D eigenvalue weighted by atomic mass is 10.2. The van der Waals surface area contributed by atoms with Gasteiger partial charge in [0.1, 0.15) is 0 Å². The number of benzene rings is 1. The molecule has 2 nitrogen and oxygen atoms in total. The summed E-state index contributed by atoms with van der Waals surface area (Å²) in [5, 5.41) is 0.345. The van der Waals surface area contributed by atoms with Crippen LogP contribution in [0.5, 0.6) is 0 Å². The van der Waals surface area contributed by atoms with Gasteiger partial charge < -0.3 is 4.74 Å². The van der Waals surface area contributed by atoms with Crippen LogP contribution in [0.2, 0.25) is 5.02 Å². The van der Waals surface area contributed by atoms with Crippen molar-refractivity contribution in [2.75, 3.05) is 6.61 Å². The van der Waals surface area contributed by atoms with Crippen molar-refractivity contribution in [3.05, 3.63) is 40.9 Å². The number of carbonyl (C=O) groups excluding carboxylic acids is 1. The molecule has 0 N–H and O–H groups in total. The highest BCUT2D eigenvalue weighted by Gasteiger charge is 2.38. The van der Waals surface area contributed by atoms with Gasteiger partial charge >= 0.3 is 11.9 Å². The third-order valence-corrected chi connectivity index (χ3v) is 3.21. The van der Waals surface area contributed by atoms with Crippen LogP contribution >= 0.6 is 34.2 Å². The van der Waals surface area contributed by atoms with Gasteiger partial charge in [-0.1, -0.05) is 29.8 Å². The van der Waals surface area contributed by atoms with Crippen molar-refractivity contribution in [2.24, 2.45) is 0 Å². The molecule has 1 aromatic carbocycles. The van der Waals surface area contributed by atoms with Crippen molar-refractivity contribution in [1.29, 1.82) is 0 Å². The molecule has 0 amide bonds. The maximum absolute atomic E-state index is 13.5. The third-order valence-electron chi connectivity index (χ3n) is 1.99. The summed E-state index contributed by atoms with van der Waals surface area (Å²) in [6, 6.07) is 6.56. The molecule has 1 rings (SSSR count). The van der Waals surface area contributed by atoms with Crippen molar-refractivity contribution in [1.82, 2.24) is 0 Å². The summed E-state index contributed by atoms with van der Waals surface area (Å²) in [7, 11) is 0. The van der Waals surface area contributed by atoms with Crippen LogP contribution in [0, 0.1) is 0 Å². The Morgan fingerprint density at radius 2 is 2.11 bits per heavy atom. The van der Waals surface area contributed by atoms with Gasteiger partial charge in [-0.05, 0) is 35.6 Å². The van der Waals surface area contributed by atoms with E-state index in [1.54, 1.807) is 46.9 Å². The van der Waals surface area contributed by atoms with Gasteiger partial charge in [-0.3, -0.25) is 0 Å². The molecule has 18 heavy (non-hydrogen) atoms. The van der Waals surface area contributed by atoms with E-state index in [1.165, 1.54) is 6.92 Å². The zero-order chi connectivity index (χ0) is 13.8. The lowest BCUT2D eigenvalue weighted by molar-refractivity contribution is -0.164. The van der Waals surface area contributed by atoms with E-state index in [1.807, 2.05) is 0 Å². The van der Waals surface area contributed by atoms with Gasteiger partial charge in [0.05, 0.1) is 6.61 Å². The summed E-state index contributed by atoms with van der Waals surface area (Å²) in [6.45, 7) is 1.38. The Labute approximate surface area is 122 Å². The van der Waals surface area contributed by atoms with Crippen LogP contribution in [0.4, 0.5) is 8.78 Å². The second-order valence-electron chi connectivity index (χ2n) is 3.32. The molecule has 0 aliphatic heterocycles. The first-order valence-corrected chi connectivity index (χ1v) is 6.52. The van der Waals surface area contributed by atoms with Crippen molar-refractivity contribution in [3.63, 3.8) is 0 Å². The molecule has 1 aromatic rings. The van der Waals surface area contributed by atoms with Crippen LogP contribution in [0.25, 0.3) is 3.58 Å². The molecule has 0 aliphatic rings. The summed E-state index contributed by atoms with van der Waals surface area (Å²) >= 11 is 7.59. The monoisotopic (exact) mass is 386 g/mol. The zero-order valence-corrected chi connectivity index (χ0v) is 12.3. The van der Waals surface area contributed by atoms with Gasteiger partial charge in [-0.25, -0.2) is 4.79 Å². The maximum atomic E-state index is 13.5. The molecular weight excluding hydrogens is 376 g/mol. The normalized spacial score (nSPS) is 12.4. The second-order valence-corrected chi connectivity index (χ2v) is 4.88. The number of hydrogen-bond acceptors (Lipinski definition) is 2. The molecule has 0 fully saturated rings. The minimum absolute atomic E-state index is 0.0923. The Bertz CT molecular complexity index is 475. The molecule has 0 unspecified atom stereocenters. The molecule has 0 radical (unpaired) electrons. The molecule has 98 valence electrons. The fourth-order valence-corrected chi connectivity index (χ4v) is 2.44. The Balaban J connectivity index is 3.02. The molecule has 0 bridgehead atoms. The molecule has 0 aliphatic carbocycles. The highest BCUT2D eigenvalue weighted by atomic mass is 127. The lowest BCUT2D eigenvalue weighted by Crippen LogP contribution is -2.28. The largest absolute Gasteiger partial charge is 0.461 e. The molecule has 0 spiro atoms. The third kappa shape index (κ3) is 3.91. The van der Waals surface area contributed by atoms with E-state index >= 15 is 0 Å². The number of esters is 1. The quantitative estimate of drug-likeness (QED) is 0.569. The predicted octanol–water partition coefficient (Wildman–Crippen LogP) is 4.31. The smallest absolute Gasteiger partial charge is 0.381 e. The molecular formula is C12H10ClF2IO2. The second kappa shape index (κ2) is 6.47. The van der Waals surface area contributed by atoms with Gasteiger partial charge in [0.25, 0.3) is 0 Å². The Kier molecular flexibility index (Phi) is 5.52. The molecule has 0 atom stereocenters. The standard InChI is InChI=1S/C12H10ClF2IO2/c1-2-18-11(17)12(14,15)7-10(16)8-5-3-4-6-9(8)13/h3-7H,2H2,1H3/b10-7+. The molecule has 0 heterocycles. The number of rotatable bonds is 4. The first kappa shape index (κ1) is 15.4. The van der Waals surface area contributed by atoms with Crippen LogP contribution < -0.4 is 0 Å². The van der Waals surface area contributed by atoms with Gasteiger partial charge in [0.2, 0.25) is 0 Å². The number of halogens is 4. The van der Waals surface area contributed by atoms with Gasteiger partial charge in [-0.15, -0.1) is 0 Å². The Morgan fingerprint density at radius 1 is 1.50 bits per heavy atom. The van der Waals surface area contributed by atoms with Gasteiger partial charge in [0.15, 0.2) is 0 Å². The van der Waals surface area contributed by atoms with Crippen molar-refractivity contribution in [3.8, 4) is 0 Å². The van der Waals surface area contributed by atoms with Crippen LogP contribution in [0.15, 0.2) is 30.3 Å². The Hall–Kier alpha value is -0.690. The topological polar surface area (TPSA) is 26.3 Å². The average Bonchev–Trinajstić information content (AvgIpc) is 2.29. The highest BCUT2D eigenvalue weighted by molar-refractivity contribution is 14.1. The van der Waals surface area contributed by atoms with Crippen molar-refractivity contribution >= 4 is 43.7 Å². The fourth-order valence-electron chi connectivity index (χ4n) is 1.18. The summed E-state index contributed by atoms with van der Waals surface area (Å²) in [6.07, 6.45) is 0.548. The Morgan fingerprint density at radius 3 is 2.67 bits per heavy atom. The fraction of sp³-hybridized carbons (Fsp3) is 0.250. The number of ether oxygens (including phenoxy) is 1.